The van der Waals surface area contributed by atoms with E-state index in [2.05, 4.69) is 27.1 Å². The minimum atomic E-state index is 0.276. The largest absolute Gasteiger partial charge is 0.454 e. The van der Waals surface area contributed by atoms with Crippen LogP contribution in [-0.4, -0.2) is 29.9 Å². The van der Waals surface area contributed by atoms with Crippen LogP contribution in [0.25, 0.3) is 0 Å². The van der Waals surface area contributed by atoms with E-state index in [9.17, 15) is 0 Å². The average molecular weight is 312 g/mol. The van der Waals surface area contributed by atoms with Gasteiger partial charge in [-0.1, -0.05) is 6.92 Å². The first-order chi connectivity index (χ1) is 11.3. The summed E-state index contributed by atoms with van der Waals surface area (Å²) in [5.41, 5.74) is 0.887. The van der Waals surface area contributed by atoms with Gasteiger partial charge in [-0.2, -0.15) is 4.98 Å². The molecule has 120 valence electrons. The molecule has 0 amide bonds. The third kappa shape index (κ3) is 3.02. The maximum atomic E-state index is 5.40. The van der Waals surface area contributed by atoms with Gasteiger partial charge in [-0.3, -0.25) is 0 Å². The van der Waals surface area contributed by atoms with Crippen molar-refractivity contribution >= 4 is 17.5 Å². The van der Waals surface area contributed by atoms with Gasteiger partial charge in [0.1, 0.15) is 5.82 Å². The second kappa shape index (κ2) is 5.95. The molecule has 0 spiro atoms. The Morgan fingerprint density at radius 3 is 3.04 bits per heavy atom. The van der Waals surface area contributed by atoms with E-state index in [-0.39, 0.29) is 6.79 Å². The zero-order chi connectivity index (χ0) is 15.6. The number of hydrogen-bond acceptors (Lipinski definition) is 6. The number of ether oxygens (including phenoxy) is 2. The Labute approximate surface area is 135 Å². The van der Waals surface area contributed by atoms with E-state index >= 15 is 0 Å². The Bertz CT molecular complexity index is 707. The van der Waals surface area contributed by atoms with Crippen molar-refractivity contribution in [3.8, 4) is 11.5 Å². The molecule has 1 fully saturated rings. The van der Waals surface area contributed by atoms with Crippen molar-refractivity contribution in [2.75, 3.05) is 30.1 Å². The number of nitrogens with one attached hydrogen (secondary N) is 1. The van der Waals surface area contributed by atoms with E-state index in [1.165, 1.54) is 12.8 Å². The lowest BCUT2D eigenvalue weighted by Gasteiger charge is -2.31. The molecular formula is C17H20N4O2. The van der Waals surface area contributed by atoms with Crippen LogP contribution in [-0.2, 0) is 0 Å². The van der Waals surface area contributed by atoms with Crippen molar-refractivity contribution in [3.63, 3.8) is 0 Å². The number of nitrogens with zero attached hydrogens (tertiary/aromatic N) is 3. The third-order valence-electron chi connectivity index (χ3n) is 4.25. The molecule has 0 saturated carbocycles. The van der Waals surface area contributed by atoms with E-state index < -0.39 is 0 Å². The van der Waals surface area contributed by atoms with E-state index in [1.807, 2.05) is 24.3 Å². The Balaban J connectivity index is 1.52. The average Bonchev–Trinajstić information content (AvgIpc) is 3.03. The Kier molecular flexibility index (Phi) is 3.65. The van der Waals surface area contributed by atoms with Crippen LogP contribution in [0, 0.1) is 5.92 Å². The van der Waals surface area contributed by atoms with Gasteiger partial charge < -0.3 is 19.7 Å². The van der Waals surface area contributed by atoms with Crippen molar-refractivity contribution in [3.05, 3.63) is 30.5 Å². The molecule has 1 aromatic heterocycles. The molecule has 2 aromatic rings. The molecule has 1 saturated heterocycles. The molecule has 2 aliphatic heterocycles. The monoisotopic (exact) mass is 312 g/mol. The molecule has 1 aromatic carbocycles. The second-order valence-corrected chi connectivity index (χ2v) is 6.12. The summed E-state index contributed by atoms with van der Waals surface area (Å²) in [4.78, 5) is 11.3. The molecular weight excluding hydrogens is 292 g/mol. The fourth-order valence-corrected chi connectivity index (χ4v) is 3.09. The number of hydrogen-bond donors (Lipinski definition) is 1. The standard InChI is InChI=1S/C17H20N4O2/c1-12-3-2-8-21(10-12)16-6-7-18-17(20-16)19-13-4-5-14-15(9-13)23-11-22-14/h4-7,9,12H,2-3,8,10-11H2,1H3,(H,18,19,20). The molecule has 3 heterocycles. The lowest BCUT2D eigenvalue weighted by atomic mass is 10.0. The number of rotatable bonds is 3. The summed E-state index contributed by atoms with van der Waals surface area (Å²) in [6, 6.07) is 7.71. The first-order valence-electron chi connectivity index (χ1n) is 8.02. The molecule has 1 atom stereocenters. The quantitative estimate of drug-likeness (QED) is 0.939. The summed E-state index contributed by atoms with van der Waals surface area (Å²) in [6.45, 7) is 4.68. The molecule has 2 aliphatic rings. The lowest BCUT2D eigenvalue weighted by Crippen LogP contribution is -2.34. The maximum Gasteiger partial charge on any atom is 0.231 e. The van der Waals surface area contributed by atoms with Gasteiger partial charge >= 0.3 is 0 Å². The van der Waals surface area contributed by atoms with Crippen LogP contribution < -0.4 is 19.7 Å². The molecule has 0 bridgehead atoms. The number of anilines is 3. The zero-order valence-corrected chi connectivity index (χ0v) is 13.2. The van der Waals surface area contributed by atoms with Gasteiger partial charge in [0.15, 0.2) is 11.5 Å². The Morgan fingerprint density at radius 1 is 1.22 bits per heavy atom. The number of aromatic nitrogens is 2. The Morgan fingerprint density at radius 2 is 2.13 bits per heavy atom. The summed E-state index contributed by atoms with van der Waals surface area (Å²) in [7, 11) is 0. The first kappa shape index (κ1) is 14.1. The molecule has 6 nitrogen and oxygen atoms in total. The summed E-state index contributed by atoms with van der Waals surface area (Å²) in [5.74, 6) is 3.81. The van der Waals surface area contributed by atoms with E-state index in [4.69, 9.17) is 9.47 Å². The van der Waals surface area contributed by atoms with Gasteiger partial charge in [0.2, 0.25) is 12.7 Å². The topological polar surface area (TPSA) is 59.5 Å². The van der Waals surface area contributed by atoms with Crippen molar-refractivity contribution in [2.24, 2.45) is 5.92 Å². The van der Waals surface area contributed by atoms with Crippen LogP contribution in [0.4, 0.5) is 17.5 Å². The lowest BCUT2D eigenvalue weighted by molar-refractivity contribution is 0.174. The van der Waals surface area contributed by atoms with E-state index in [1.54, 1.807) is 6.20 Å². The van der Waals surface area contributed by atoms with Crippen molar-refractivity contribution in [1.82, 2.24) is 9.97 Å². The number of piperidine rings is 1. The van der Waals surface area contributed by atoms with Crippen LogP contribution in [0.5, 0.6) is 11.5 Å². The van der Waals surface area contributed by atoms with Gasteiger partial charge in [0.05, 0.1) is 0 Å². The smallest absolute Gasteiger partial charge is 0.231 e. The molecule has 1 N–H and O–H groups in total. The minimum Gasteiger partial charge on any atom is -0.454 e. The summed E-state index contributed by atoms with van der Waals surface area (Å²) >= 11 is 0. The zero-order valence-electron chi connectivity index (χ0n) is 13.2. The predicted molar refractivity (Wildman–Crippen MR) is 88.5 cm³/mol. The van der Waals surface area contributed by atoms with E-state index in [0.29, 0.717) is 11.9 Å². The highest BCUT2D eigenvalue weighted by Gasteiger charge is 2.18. The predicted octanol–water partition coefficient (Wildman–Crippen LogP) is 3.19. The highest BCUT2D eigenvalue weighted by atomic mass is 16.7. The Hall–Kier alpha value is -2.50. The van der Waals surface area contributed by atoms with E-state index in [0.717, 1.165) is 36.1 Å². The van der Waals surface area contributed by atoms with Gasteiger partial charge in [-0.25, -0.2) is 4.98 Å². The maximum absolute atomic E-state index is 5.40. The van der Waals surface area contributed by atoms with Gasteiger partial charge in [0.25, 0.3) is 0 Å². The van der Waals surface area contributed by atoms with Crippen molar-refractivity contribution in [2.45, 2.75) is 19.8 Å². The summed E-state index contributed by atoms with van der Waals surface area (Å²) < 4.78 is 10.7. The van der Waals surface area contributed by atoms with Crippen LogP contribution >= 0.6 is 0 Å². The molecule has 6 heteroatoms. The minimum absolute atomic E-state index is 0.276. The molecule has 4 rings (SSSR count). The number of benzene rings is 1. The van der Waals surface area contributed by atoms with Crippen LogP contribution in [0.3, 0.4) is 0 Å². The van der Waals surface area contributed by atoms with Gasteiger partial charge in [0, 0.05) is 31.0 Å². The molecule has 1 unspecified atom stereocenters. The normalized spacial score (nSPS) is 19.7. The highest BCUT2D eigenvalue weighted by molar-refractivity contribution is 5.61. The van der Waals surface area contributed by atoms with Gasteiger partial charge in [-0.15, -0.1) is 0 Å². The van der Waals surface area contributed by atoms with Crippen LogP contribution in [0.2, 0.25) is 0 Å². The first-order valence-corrected chi connectivity index (χ1v) is 8.02. The fraction of sp³-hybridized carbons (Fsp3) is 0.412. The van der Waals surface area contributed by atoms with Crippen molar-refractivity contribution in [1.29, 1.82) is 0 Å². The number of fused-ring (bicyclic) bond motifs is 1. The van der Waals surface area contributed by atoms with Gasteiger partial charge in [-0.05, 0) is 37.0 Å². The third-order valence-corrected chi connectivity index (χ3v) is 4.25. The van der Waals surface area contributed by atoms with Crippen molar-refractivity contribution < 1.29 is 9.47 Å². The second-order valence-electron chi connectivity index (χ2n) is 6.12. The van der Waals surface area contributed by atoms with Crippen LogP contribution in [0.1, 0.15) is 19.8 Å². The highest BCUT2D eigenvalue weighted by Crippen LogP contribution is 2.34. The molecule has 0 aliphatic carbocycles. The molecule has 23 heavy (non-hydrogen) atoms. The fourth-order valence-electron chi connectivity index (χ4n) is 3.09. The SMILES string of the molecule is CC1CCCN(c2ccnc(Nc3ccc4c(c3)OCO4)n2)C1. The summed E-state index contributed by atoms with van der Waals surface area (Å²) in [5, 5.41) is 3.24. The molecule has 0 radical (unpaired) electrons. The summed E-state index contributed by atoms with van der Waals surface area (Å²) in [6.07, 6.45) is 4.32. The van der Waals surface area contributed by atoms with Crippen LogP contribution in [0.15, 0.2) is 30.5 Å².